The molecule has 19 heavy (non-hydrogen) atoms. The molecule has 1 aromatic carbocycles. The maximum atomic E-state index is 13.7. The molecule has 1 N–H and O–H groups in total. The predicted octanol–water partition coefficient (Wildman–Crippen LogP) is 3.57. The van der Waals surface area contributed by atoms with Gasteiger partial charge in [-0.15, -0.1) is 0 Å². The van der Waals surface area contributed by atoms with Crippen LogP contribution < -0.4 is 0 Å². The molecule has 0 fully saturated rings. The molecule has 2 nitrogen and oxygen atoms in total. The van der Waals surface area contributed by atoms with Crippen LogP contribution in [0.15, 0.2) is 41.0 Å². The Hall–Kier alpha value is -1.33. The predicted molar refractivity (Wildman–Crippen MR) is 71.6 cm³/mol. The molecule has 0 amide bonds. The highest BCUT2D eigenvalue weighted by atomic mass is 79.9. The lowest BCUT2D eigenvalue weighted by molar-refractivity contribution is 0.0520. The van der Waals surface area contributed by atoms with E-state index in [0.717, 1.165) is 10.7 Å². The van der Waals surface area contributed by atoms with Crippen molar-refractivity contribution in [3.05, 3.63) is 63.9 Å². The smallest absolute Gasteiger partial charge is 0.141 e. The van der Waals surface area contributed by atoms with Crippen LogP contribution in [-0.4, -0.2) is 10.1 Å². The van der Waals surface area contributed by atoms with Crippen LogP contribution in [-0.2, 0) is 12.0 Å². The standard InChI is InChI=1S/C14H12BrF2NO/c1-14(19,13-5-3-11(16)8-18-13)7-9-6-10(15)2-4-12(9)17/h2-6,8,19H,7H2,1H3. The van der Waals surface area contributed by atoms with Crippen LogP contribution in [0.4, 0.5) is 8.78 Å². The number of rotatable bonds is 3. The zero-order valence-electron chi connectivity index (χ0n) is 10.2. The highest BCUT2D eigenvalue weighted by Gasteiger charge is 2.26. The molecule has 0 spiro atoms. The van der Waals surface area contributed by atoms with Gasteiger partial charge in [0.2, 0.25) is 0 Å². The van der Waals surface area contributed by atoms with Gasteiger partial charge in [0.05, 0.1) is 11.9 Å². The summed E-state index contributed by atoms with van der Waals surface area (Å²) in [6.07, 6.45) is 1.08. The summed E-state index contributed by atoms with van der Waals surface area (Å²) in [6, 6.07) is 7.13. The van der Waals surface area contributed by atoms with Crippen molar-refractivity contribution in [1.29, 1.82) is 0 Å². The van der Waals surface area contributed by atoms with Crippen molar-refractivity contribution in [2.24, 2.45) is 0 Å². The van der Waals surface area contributed by atoms with E-state index >= 15 is 0 Å². The Kier molecular flexibility index (Phi) is 3.96. The minimum absolute atomic E-state index is 0.0525. The van der Waals surface area contributed by atoms with Crippen LogP contribution in [0.25, 0.3) is 0 Å². The molecular formula is C14H12BrF2NO. The van der Waals surface area contributed by atoms with Gasteiger partial charge < -0.3 is 5.11 Å². The normalized spacial score (nSPS) is 14.2. The molecule has 1 atom stereocenters. The molecule has 0 saturated heterocycles. The number of nitrogens with zero attached hydrogens (tertiary/aromatic N) is 1. The third-order valence-electron chi connectivity index (χ3n) is 2.82. The van der Waals surface area contributed by atoms with Crippen molar-refractivity contribution in [2.75, 3.05) is 0 Å². The second-order valence-electron chi connectivity index (χ2n) is 4.55. The SMILES string of the molecule is CC(O)(Cc1cc(Br)ccc1F)c1ccc(F)cn1. The summed E-state index contributed by atoms with van der Waals surface area (Å²) in [7, 11) is 0. The van der Waals surface area contributed by atoms with E-state index < -0.39 is 17.2 Å². The Bertz CT molecular complexity index is 584. The summed E-state index contributed by atoms with van der Waals surface area (Å²) in [5.41, 5.74) is -0.700. The monoisotopic (exact) mass is 327 g/mol. The van der Waals surface area contributed by atoms with Gasteiger partial charge in [-0.3, -0.25) is 4.98 Å². The molecule has 1 unspecified atom stereocenters. The summed E-state index contributed by atoms with van der Waals surface area (Å²) in [5.74, 6) is -0.876. The second kappa shape index (κ2) is 5.35. The summed E-state index contributed by atoms with van der Waals surface area (Å²) < 4.78 is 27.2. The Morgan fingerprint density at radius 1 is 1.26 bits per heavy atom. The molecule has 2 rings (SSSR count). The third-order valence-corrected chi connectivity index (χ3v) is 3.31. The number of benzene rings is 1. The average Bonchev–Trinajstić information content (AvgIpc) is 2.34. The van der Waals surface area contributed by atoms with Crippen molar-refractivity contribution in [3.63, 3.8) is 0 Å². The largest absolute Gasteiger partial charge is 0.383 e. The highest BCUT2D eigenvalue weighted by molar-refractivity contribution is 9.10. The number of aromatic nitrogens is 1. The van der Waals surface area contributed by atoms with Gasteiger partial charge in [0.25, 0.3) is 0 Å². The molecule has 0 aliphatic carbocycles. The lowest BCUT2D eigenvalue weighted by Crippen LogP contribution is -2.26. The quantitative estimate of drug-likeness (QED) is 0.934. The van der Waals surface area contributed by atoms with E-state index in [1.165, 1.54) is 25.1 Å². The lowest BCUT2D eigenvalue weighted by atomic mass is 9.92. The van der Waals surface area contributed by atoms with E-state index in [1.807, 2.05) is 0 Å². The van der Waals surface area contributed by atoms with Crippen LogP contribution in [0.2, 0.25) is 0 Å². The van der Waals surface area contributed by atoms with Gasteiger partial charge in [-0.1, -0.05) is 15.9 Å². The number of hydrogen-bond donors (Lipinski definition) is 1. The summed E-state index contributed by atoms with van der Waals surface area (Å²) in [4.78, 5) is 3.84. The first-order valence-electron chi connectivity index (χ1n) is 5.67. The van der Waals surface area contributed by atoms with Gasteiger partial charge in [0.15, 0.2) is 0 Å². The van der Waals surface area contributed by atoms with Gasteiger partial charge in [0.1, 0.15) is 17.2 Å². The van der Waals surface area contributed by atoms with E-state index in [2.05, 4.69) is 20.9 Å². The Morgan fingerprint density at radius 2 is 2.00 bits per heavy atom. The second-order valence-corrected chi connectivity index (χ2v) is 5.46. The molecule has 100 valence electrons. The zero-order valence-corrected chi connectivity index (χ0v) is 11.8. The fraction of sp³-hybridized carbons (Fsp3) is 0.214. The summed E-state index contributed by atoms with van der Waals surface area (Å²) >= 11 is 3.26. The number of aliphatic hydroxyl groups is 1. The Morgan fingerprint density at radius 3 is 2.63 bits per heavy atom. The van der Waals surface area contributed by atoms with Crippen molar-refractivity contribution < 1.29 is 13.9 Å². The Labute approximate surface area is 118 Å². The Balaban J connectivity index is 2.30. The highest BCUT2D eigenvalue weighted by Crippen LogP contribution is 2.26. The van der Waals surface area contributed by atoms with E-state index in [0.29, 0.717) is 11.3 Å². The van der Waals surface area contributed by atoms with Crippen molar-refractivity contribution in [1.82, 2.24) is 4.98 Å². The van der Waals surface area contributed by atoms with Crippen molar-refractivity contribution >= 4 is 15.9 Å². The topological polar surface area (TPSA) is 33.1 Å². The minimum Gasteiger partial charge on any atom is -0.383 e. The lowest BCUT2D eigenvalue weighted by Gasteiger charge is -2.23. The molecule has 1 aromatic heterocycles. The van der Waals surface area contributed by atoms with Crippen molar-refractivity contribution in [2.45, 2.75) is 18.9 Å². The minimum atomic E-state index is -1.37. The molecule has 0 radical (unpaired) electrons. The van der Waals surface area contributed by atoms with Gasteiger partial charge in [-0.25, -0.2) is 8.78 Å². The van der Waals surface area contributed by atoms with Crippen molar-refractivity contribution in [3.8, 4) is 0 Å². The van der Waals surface area contributed by atoms with Gasteiger partial charge in [-0.05, 0) is 42.8 Å². The third kappa shape index (κ3) is 3.36. The number of hydrogen-bond acceptors (Lipinski definition) is 2. The van der Waals surface area contributed by atoms with Crippen LogP contribution >= 0.6 is 15.9 Å². The summed E-state index contributed by atoms with van der Waals surface area (Å²) in [6.45, 7) is 1.52. The fourth-order valence-electron chi connectivity index (χ4n) is 1.83. The van der Waals surface area contributed by atoms with E-state index in [-0.39, 0.29) is 6.42 Å². The molecule has 1 heterocycles. The van der Waals surface area contributed by atoms with Crippen LogP contribution in [0.1, 0.15) is 18.2 Å². The van der Waals surface area contributed by atoms with E-state index in [1.54, 1.807) is 12.1 Å². The zero-order chi connectivity index (χ0) is 14.0. The maximum Gasteiger partial charge on any atom is 0.141 e. The van der Waals surface area contributed by atoms with Crippen LogP contribution in [0.3, 0.4) is 0 Å². The molecule has 0 bridgehead atoms. The van der Waals surface area contributed by atoms with E-state index in [9.17, 15) is 13.9 Å². The number of halogens is 3. The molecule has 5 heteroatoms. The first-order valence-corrected chi connectivity index (χ1v) is 6.46. The van der Waals surface area contributed by atoms with Crippen LogP contribution in [0, 0.1) is 11.6 Å². The maximum absolute atomic E-state index is 13.7. The first kappa shape index (κ1) is 14.1. The first-order chi connectivity index (χ1) is 8.88. The molecule has 0 saturated carbocycles. The van der Waals surface area contributed by atoms with E-state index in [4.69, 9.17) is 0 Å². The van der Waals surface area contributed by atoms with Gasteiger partial charge >= 0.3 is 0 Å². The molecule has 2 aromatic rings. The van der Waals surface area contributed by atoms with Crippen LogP contribution in [0.5, 0.6) is 0 Å². The number of pyridine rings is 1. The fourth-order valence-corrected chi connectivity index (χ4v) is 2.24. The van der Waals surface area contributed by atoms with Gasteiger partial charge in [0, 0.05) is 10.9 Å². The van der Waals surface area contributed by atoms with Gasteiger partial charge in [-0.2, -0.15) is 0 Å². The molecule has 0 aliphatic heterocycles. The summed E-state index contributed by atoms with van der Waals surface area (Å²) in [5, 5.41) is 10.4. The average molecular weight is 328 g/mol. The molecular weight excluding hydrogens is 316 g/mol. The molecule has 0 aliphatic rings.